The Morgan fingerprint density at radius 2 is 2.28 bits per heavy atom. The lowest BCUT2D eigenvalue weighted by Crippen LogP contribution is -2.21. The van der Waals surface area contributed by atoms with E-state index in [1.54, 1.807) is 7.11 Å². The van der Waals surface area contributed by atoms with Gasteiger partial charge in [-0.05, 0) is 32.8 Å². The number of hydrogen-bond acceptors (Lipinski definition) is 4. The molecule has 1 aromatic heterocycles. The summed E-state index contributed by atoms with van der Waals surface area (Å²) in [5.41, 5.74) is 3.44. The summed E-state index contributed by atoms with van der Waals surface area (Å²) in [6, 6.07) is 2.82. The highest BCUT2D eigenvalue weighted by atomic mass is 16.5. The Bertz CT molecular complexity index is 391. The highest BCUT2D eigenvalue weighted by molar-refractivity contribution is 5.51. The van der Waals surface area contributed by atoms with E-state index < -0.39 is 0 Å². The molecule has 4 heteroatoms. The van der Waals surface area contributed by atoms with Crippen LogP contribution in [0.5, 0.6) is 0 Å². The number of pyridine rings is 1. The maximum atomic E-state index is 5.26. The lowest BCUT2D eigenvalue weighted by atomic mass is 10.2. The molecule has 0 aromatic carbocycles. The summed E-state index contributed by atoms with van der Waals surface area (Å²) in [6.45, 7) is 5.78. The van der Waals surface area contributed by atoms with Crippen LogP contribution in [0, 0.1) is 6.92 Å². The van der Waals surface area contributed by atoms with Crippen LogP contribution in [-0.4, -0.2) is 30.8 Å². The normalized spacial score (nSPS) is 16.6. The summed E-state index contributed by atoms with van der Waals surface area (Å²) in [4.78, 5) is 4.37. The number of rotatable bonds is 7. The second-order valence-electron chi connectivity index (χ2n) is 5.07. The molecule has 1 atom stereocenters. The largest absolute Gasteiger partial charge is 0.382 e. The maximum absolute atomic E-state index is 5.26. The molecule has 0 aliphatic heterocycles. The van der Waals surface area contributed by atoms with Crippen molar-refractivity contribution in [1.29, 1.82) is 0 Å². The van der Waals surface area contributed by atoms with Crippen LogP contribution < -0.4 is 10.6 Å². The van der Waals surface area contributed by atoms with Crippen LogP contribution in [0.2, 0.25) is 0 Å². The van der Waals surface area contributed by atoms with Gasteiger partial charge in [-0.15, -0.1) is 0 Å². The highest BCUT2D eigenvalue weighted by Crippen LogP contribution is 2.21. The van der Waals surface area contributed by atoms with Crippen molar-refractivity contribution >= 4 is 5.69 Å². The van der Waals surface area contributed by atoms with Crippen molar-refractivity contribution in [3.05, 3.63) is 23.5 Å². The first-order valence-electron chi connectivity index (χ1n) is 6.64. The van der Waals surface area contributed by atoms with Crippen LogP contribution in [0.4, 0.5) is 5.69 Å². The van der Waals surface area contributed by atoms with E-state index >= 15 is 0 Å². The second kappa shape index (κ2) is 6.16. The molecule has 4 nitrogen and oxygen atoms in total. The van der Waals surface area contributed by atoms with Gasteiger partial charge in [-0.3, -0.25) is 4.98 Å². The van der Waals surface area contributed by atoms with Crippen LogP contribution in [0.3, 0.4) is 0 Å². The minimum atomic E-state index is 0.211. The smallest absolute Gasteiger partial charge is 0.0715 e. The number of anilines is 1. The van der Waals surface area contributed by atoms with Gasteiger partial charge in [0, 0.05) is 49.4 Å². The molecule has 0 radical (unpaired) electrons. The van der Waals surface area contributed by atoms with Gasteiger partial charge in [-0.25, -0.2) is 0 Å². The molecule has 1 unspecified atom stereocenters. The zero-order valence-corrected chi connectivity index (χ0v) is 11.5. The third kappa shape index (κ3) is 3.96. The average Bonchev–Trinajstić information content (AvgIpc) is 3.18. The second-order valence-corrected chi connectivity index (χ2v) is 5.07. The quantitative estimate of drug-likeness (QED) is 0.777. The molecule has 0 spiro atoms. The van der Waals surface area contributed by atoms with Gasteiger partial charge in [-0.1, -0.05) is 0 Å². The first-order chi connectivity index (χ1) is 8.69. The van der Waals surface area contributed by atoms with Crippen molar-refractivity contribution in [2.45, 2.75) is 45.4 Å². The summed E-state index contributed by atoms with van der Waals surface area (Å²) in [5, 5.41) is 6.97. The van der Waals surface area contributed by atoms with Crippen LogP contribution in [0.25, 0.3) is 0 Å². The van der Waals surface area contributed by atoms with Gasteiger partial charge in [0.2, 0.25) is 0 Å². The topological polar surface area (TPSA) is 46.2 Å². The van der Waals surface area contributed by atoms with Crippen LogP contribution in [0.1, 0.15) is 31.0 Å². The summed E-state index contributed by atoms with van der Waals surface area (Å²) < 4.78 is 5.26. The molecule has 2 rings (SSSR count). The van der Waals surface area contributed by atoms with Gasteiger partial charge in [0.1, 0.15) is 0 Å². The molecule has 1 saturated carbocycles. The third-order valence-corrected chi connectivity index (χ3v) is 3.26. The Labute approximate surface area is 109 Å². The third-order valence-electron chi connectivity index (χ3n) is 3.26. The molecule has 2 N–H and O–H groups in total. The zero-order valence-electron chi connectivity index (χ0n) is 11.5. The van der Waals surface area contributed by atoms with Crippen molar-refractivity contribution in [2.75, 3.05) is 19.0 Å². The van der Waals surface area contributed by atoms with Gasteiger partial charge < -0.3 is 15.4 Å². The molecule has 1 aliphatic rings. The summed E-state index contributed by atoms with van der Waals surface area (Å²) >= 11 is 0. The maximum Gasteiger partial charge on any atom is 0.0715 e. The number of hydrogen-bond donors (Lipinski definition) is 2. The summed E-state index contributed by atoms with van der Waals surface area (Å²) in [6.07, 6.45) is 4.79. The van der Waals surface area contributed by atoms with Gasteiger partial charge in [-0.2, -0.15) is 0 Å². The standard InChI is InChI=1S/C14H23N3O/c1-10-6-14(17-7-11(2)18-3)12(8-15-10)9-16-13-4-5-13/h6,8,11,13,16H,4-5,7,9H2,1-3H3,(H,15,17). The predicted octanol–water partition coefficient (Wildman–Crippen LogP) is 2.09. The van der Waals surface area contributed by atoms with Gasteiger partial charge >= 0.3 is 0 Å². The number of aromatic nitrogens is 1. The molecule has 0 bridgehead atoms. The van der Waals surface area contributed by atoms with E-state index in [-0.39, 0.29) is 6.10 Å². The van der Waals surface area contributed by atoms with Crippen molar-refractivity contribution in [3.63, 3.8) is 0 Å². The molecule has 100 valence electrons. The van der Waals surface area contributed by atoms with E-state index in [0.29, 0.717) is 0 Å². The molecule has 1 aromatic rings. The van der Waals surface area contributed by atoms with E-state index in [1.165, 1.54) is 24.1 Å². The number of aryl methyl sites for hydroxylation is 1. The summed E-state index contributed by atoms with van der Waals surface area (Å²) in [5.74, 6) is 0. The fraction of sp³-hybridized carbons (Fsp3) is 0.643. The fourth-order valence-corrected chi connectivity index (χ4v) is 1.77. The monoisotopic (exact) mass is 249 g/mol. The van der Waals surface area contributed by atoms with E-state index in [4.69, 9.17) is 4.74 Å². The van der Waals surface area contributed by atoms with Crippen molar-refractivity contribution in [2.24, 2.45) is 0 Å². The first kappa shape index (κ1) is 13.3. The van der Waals surface area contributed by atoms with Crippen molar-refractivity contribution in [1.82, 2.24) is 10.3 Å². The van der Waals surface area contributed by atoms with Crippen molar-refractivity contribution < 1.29 is 4.74 Å². The first-order valence-corrected chi connectivity index (χ1v) is 6.64. The van der Waals surface area contributed by atoms with Gasteiger partial charge in [0.05, 0.1) is 6.10 Å². The highest BCUT2D eigenvalue weighted by Gasteiger charge is 2.20. The molecule has 1 aliphatic carbocycles. The minimum Gasteiger partial charge on any atom is -0.382 e. The Morgan fingerprint density at radius 3 is 2.94 bits per heavy atom. The van der Waals surface area contributed by atoms with Crippen molar-refractivity contribution in [3.8, 4) is 0 Å². The lowest BCUT2D eigenvalue weighted by Gasteiger charge is -2.16. The van der Waals surface area contributed by atoms with Crippen LogP contribution in [0.15, 0.2) is 12.3 Å². The molecule has 1 fully saturated rings. The Kier molecular flexibility index (Phi) is 4.55. The lowest BCUT2D eigenvalue weighted by molar-refractivity contribution is 0.129. The van der Waals surface area contributed by atoms with Gasteiger partial charge in [0.25, 0.3) is 0 Å². The molecule has 0 saturated heterocycles. The van der Waals surface area contributed by atoms with E-state index in [0.717, 1.165) is 24.8 Å². The number of methoxy groups -OCH3 is 1. The zero-order chi connectivity index (χ0) is 13.0. The molecule has 0 amide bonds. The SMILES string of the molecule is COC(C)CNc1cc(C)ncc1CNC1CC1. The van der Waals surface area contributed by atoms with Crippen LogP contribution >= 0.6 is 0 Å². The molecular weight excluding hydrogens is 226 g/mol. The molecule has 18 heavy (non-hydrogen) atoms. The minimum absolute atomic E-state index is 0.211. The molecule has 1 heterocycles. The number of ether oxygens (including phenoxy) is 1. The Balaban J connectivity index is 1.97. The Morgan fingerprint density at radius 1 is 1.50 bits per heavy atom. The van der Waals surface area contributed by atoms with E-state index in [2.05, 4.69) is 28.6 Å². The van der Waals surface area contributed by atoms with Gasteiger partial charge in [0.15, 0.2) is 0 Å². The number of nitrogens with zero attached hydrogens (tertiary/aromatic N) is 1. The fourth-order valence-electron chi connectivity index (χ4n) is 1.77. The molecular formula is C14H23N3O. The van der Waals surface area contributed by atoms with Crippen LogP contribution in [-0.2, 0) is 11.3 Å². The average molecular weight is 249 g/mol. The number of nitrogens with one attached hydrogen (secondary N) is 2. The Hall–Kier alpha value is -1.13. The predicted molar refractivity (Wildman–Crippen MR) is 73.8 cm³/mol. The van der Waals surface area contributed by atoms with E-state index in [9.17, 15) is 0 Å². The summed E-state index contributed by atoms with van der Waals surface area (Å²) in [7, 11) is 1.74. The van der Waals surface area contributed by atoms with E-state index in [1.807, 2.05) is 13.1 Å².